The van der Waals surface area contributed by atoms with Gasteiger partial charge in [0.25, 0.3) is 0 Å². The van der Waals surface area contributed by atoms with Crippen LogP contribution in [-0.2, 0) is 0 Å². The van der Waals surface area contributed by atoms with Crippen LogP contribution in [0.25, 0.3) is 0 Å². The van der Waals surface area contributed by atoms with Gasteiger partial charge in [0.15, 0.2) is 0 Å². The van der Waals surface area contributed by atoms with E-state index in [4.69, 9.17) is 0 Å². The molecule has 0 aliphatic rings. The molecular weight excluding hydrogens is 196 g/mol. The topological polar surface area (TPSA) is 0 Å². The van der Waals surface area contributed by atoms with E-state index in [9.17, 15) is 0 Å². The molecule has 2 heteroatoms. The summed E-state index contributed by atoms with van der Waals surface area (Å²) in [5.41, 5.74) is 0. The Hall–Kier alpha value is 0.830. The molecule has 0 spiro atoms. The van der Waals surface area contributed by atoms with Gasteiger partial charge in [0.05, 0.1) is 0 Å². The molecule has 9 heavy (non-hydrogen) atoms. The van der Waals surface area contributed by atoms with Crippen LogP contribution in [-0.4, -0.2) is 16.8 Å². The largest absolute Gasteiger partial charge is 0.162 e. The van der Waals surface area contributed by atoms with Gasteiger partial charge in [0, 0.05) is 5.33 Å². The third kappa shape index (κ3) is 6.72. The van der Waals surface area contributed by atoms with Crippen LogP contribution in [0.3, 0.4) is 0 Å². The normalized spacial score (nSPS) is 13.7. The number of hydrogen-bond acceptors (Lipinski definition) is 1. The van der Waals surface area contributed by atoms with Crippen LogP contribution in [0.5, 0.6) is 0 Å². The van der Waals surface area contributed by atoms with Gasteiger partial charge in [0.2, 0.25) is 0 Å². The van der Waals surface area contributed by atoms with Crippen LogP contribution in [0.15, 0.2) is 0 Å². The molecule has 0 saturated carbocycles. The van der Waals surface area contributed by atoms with E-state index >= 15 is 0 Å². The first-order chi connectivity index (χ1) is 4.31. The van der Waals surface area contributed by atoms with Crippen molar-refractivity contribution in [3.63, 3.8) is 0 Å². The zero-order chi connectivity index (χ0) is 7.11. The maximum atomic E-state index is 3.46. The summed E-state index contributed by atoms with van der Waals surface area (Å²) in [4.78, 5) is 0. The van der Waals surface area contributed by atoms with Crippen LogP contribution >= 0.6 is 27.7 Å². The molecule has 56 valence electrons. The fourth-order valence-corrected chi connectivity index (χ4v) is 1.69. The molecule has 0 saturated heterocycles. The van der Waals surface area contributed by atoms with Crippen LogP contribution in [0.4, 0.5) is 0 Å². The van der Waals surface area contributed by atoms with E-state index in [1.54, 1.807) is 0 Å². The van der Waals surface area contributed by atoms with E-state index in [1.807, 2.05) is 11.8 Å². The van der Waals surface area contributed by atoms with Gasteiger partial charge in [-0.2, -0.15) is 11.8 Å². The highest BCUT2D eigenvalue weighted by Crippen LogP contribution is 2.10. The van der Waals surface area contributed by atoms with Gasteiger partial charge in [-0.15, -0.1) is 0 Å². The molecule has 0 radical (unpaired) electrons. The molecule has 0 bridgehead atoms. The molecular formula is C7H15BrS. The minimum absolute atomic E-state index is 0.851. The van der Waals surface area contributed by atoms with Gasteiger partial charge >= 0.3 is 0 Å². The highest BCUT2D eigenvalue weighted by Gasteiger charge is 1.97. The zero-order valence-corrected chi connectivity index (χ0v) is 8.59. The summed E-state index contributed by atoms with van der Waals surface area (Å²) in [6.07, 6.45) is 1.35. The van der Waals surface area contributed by atoms with Crippen molar-refractivity contribution in [2.75, 3.05) is 16.8 Å². The lowest BCUT2D eigenvalue weighted by atomic mass is 10.2. The van der Waals surface area contributed by atoms with Gasteiger partial charge in [-0.1, -0.05) is 29.8 Å². The first-order valence-electron chi connectivity index (χ1n) is 3.45. The highest BCUT2D eigenvalue weighted by atomic mass is 79.9. The molecule has 0 N–H and O–H groups in total. The lowest BCUT2D eigenvalue weighted by Gasteiger charge is -2.04. The molecule has 0 aromatic rings. The molecule has 0 aromatic heterocycles. The Kier molecular flexibility index (Phi) is 7.58. The average molecular weight is 211 g/mol. The van der Waals surface area contributed by atoms with Crippen molar-refractivity contribution < 1.29 is 0 Å². The summed E-state index contributed by atoms with van der Waals surface area (Å²) in [6, 6.07) is 0. The maximum absolute atomic E-state index is 3.46. The van der Waals surface area contributed by atoms with Gasteiger partial charge in [-0.25, -0.2) is 0 Å². The quantitative estimate of drug-likeness (QED) is 0.497. The van der Waals surface area contributed by atoms with Crippen molar-refractivity contribution in [1.29, 1.82) is 0 Å². The minimum Gasteiger partial charge on any atom is -0.162 e. The van der Waals surface area contributed by atoms with E-state index in [0.29, 0.717) is 0 Å². The van der Waals surface area contributed by atoms with Crippen LogP contribution in [0, 0.1) is 5.92 Å². The first-order valence-corrected chi connectivity index (χ1v) is 5.72. The number of alkyl halides is 1. The number of hydrogen-bond donors (Lipinski definition) is 0. The first kappa shape index (κ1) is 9.83. The third-order valence-corrected chi connectivity index (χ3v) is 3.26. The molecule has 1 unspecified atom stereocenters. The predicted octanol–water partition coefficient (Wildman–Crippen LogP) is 3.16. The molecule has 0 fully saturated rings. The zero-order valence-electron chi connectivity index (χ0n) is 6.19. The Labute approximate surface area is 70.9 Å². The summed E-state index contributed by atoms with van der Waals surface area (Å²) < 4.78 is 0. The van der Waals surface area contributed by atoms with E-state index in [2.05, 4.69) is 29.8 Å². The second kappa shape index (κ2) is 6.94. The lowest BCUT2D eigenvalue weighted by Crippen LogP contribution is -1.96. The SMILES string of the molecule is CCSCCC(C)CBr. The van der Waals surface area contributed by atoms with Gasteiger partial charge in [-0.05, 0) is 23.8 Å². The van der Waals surface area contributed by atoms with Gasteiger partial charge in [-0.3, -0.25) is 0 Å². The Balaban J connectivity index is 2.88. The van der Waals surface area contributed by atoms with E-state index in [0.717, 1.165) is 11.2 Å². The second-order valence-electron chi connectivity index (χ2n) is 2.25. The Bertz CT molecular complexity index is 56.9. The summed E-state index contributed by atoms with van der Waals surface area (Å²) in [5.74, 6) is 3.43. The minimum atomic E-state index is 0.851. The predicted molar refractivity (Wildman–Crippen MR) is 50.6 cm³/mol. The van der Waals surface area contributed by atoms with Crippen molar-refractivity contribution in [1.82, 2.24) is 0 Å². The molecule has 0 aliphatic heterocycles. The third-order valence-electron chi connectivity index (χ3n) is 1.22. The molecule has 0 rings (SSSR count). The summed E-state index contributed by atoms with van der Waals surface area (Å²) in [6.45, 7) is 4.49. The summed E-state index contributed by atoms with van der Waals surface area (Å²) >= 11 is 5.49. The van der Waals surface area contributed by atoms with Crippen LogP contribution < -0.4 is 0 Å². The van der Waals surface area contributed by atoms with Crippen LogP contribution in [0.1, 0.15) is 20.3 Å². The van der Waals surface area contributed by atoms with Crippen molar-refractivity contribution >= 4 is 27.7 Å². The van der Waals surface area contributed by atoms with Crippen molar-refractivity contribution in [3.05, 3.63) is 0 Å². The Morgan fingerprint density at radius 1 is 1.56 bits per heavy atom. The lowest BCUT2D eigenvalue weighted by molar-refractivity contribution is 0.647. The molecule has 0 nitrogen and oxygen atoms in total. The van der Waals surface area contributed by atoms with Gasteiger partial charge in [0.1, 0.15) is 0 Å². The molecule has 0 aliphatic carbocycles. The van der Waals surface area contributed by atoms with Crippen LogP contribution in [0.2, 0.25) is 0 Å². The van der Waals surface area contributed by atoms with Crippen molar-refractivity contribution in [2.45, 2.75) is 20.3 Å². The highest BCUT2D eigenvalue weighted by molar-refractivity contribution is 9.09. The Morgan fingerprint density at radius 3 is 2.67 bits per heavy atom. The monoisotopic (exact) mass is 210 g/mol. The second-order valence-corrected chi connectivity index (χ2v) is 4.29. The fraction of sp³-hybridized carbons (Fsp3) is 1.00. The molecule has 1 atom stereocenters. The molecule has 0 heterocycles. The van der Waals surface area contributed by atoms with Crippen molar-refractivity contribution in [2.24, 2.45) is 5.92 Å². The van der Waals surface area contributed by atoms with Crippen molar-refractivity contribution in [3.8, 4) is 0 Å². The summed E-state index contributed by atoms with van der Waals surface area (Å²) in [5, 5.41) is 1.15. The summed E-state index contributed by atoms with van der Waals surface area (Å²) in [7, 11) is 0. The van der Waals surface area contributed by atoms with E-state index in [-0.39, 0.29) is 0 Å². The molecule has 0 amide bonds. The van der Waals surface area contributed by atoms with E-state index < -0.39 is 0 Å². The number of thioether (sulfide) groups is 1. The Morgan fingerprint density at radius 2 is 2.22 bits per heavy atom. The smallest absolute Gasteiger partial charge is 0.00573 e. The number of rotatable bonds is 5. The maximum Gasteiger partial charge on any atom is 0.00573 e. The molecule has 0 aromatic carbocycles. The standard InChI is InChI=1S/C7H15BrS/c1-3-9-5-4-7(2)6-8/h7H,3-6H2,1-2H3. The fourth-order valence-electron chi connectivity index (χ4n) is 0.506. The van der Waals surface area contributed by atoms with E-state index in [1.165, 1.54) is 17.9 Å². The average Bonchev–Trinajstić information content (AvgIpc) is 1.89. The number of halogens is 1. The van der Waals surface area contributed by atoms with Gasteiger partial charge < -0.3 is 0 Å².